The molecule has 10 heteroatoms. The van der Waals surface area contributed by atoms with E-state index in [2.05, 4.69) is 15.4 Å². The Morgan fingerprint density at radius 1 is 1.24 bits per heavy atom. The molecule has 0 radical (unpaired) electrons. The first kappa shape index (κ1) is 15.7. The molecule has 0 saturated carbocycles. The summed E-state index contributed by atoms with van der Waals surface area (Å²) in [5.74, 6) is 3.92. The third-order valence-corrected chi connectivity index (χ3v) is 3.26. The van der Waals surface area contributed by atoms with Gasteiger partial charge < -0.3 is 19.8 Å². The molecule has 2 heterocycles. The van der Waals surface area contributed by atoms with Crippen LogP contribution < -0.4 is 16.2 Å². The number of nitrogen functional groups attached to an aromatic ring is 1. The normalized spacial score (nSPS) is 22.7. The summed E-state index contributed by atoms with van der Waals surface area (Å²) in [6, 6.07) is 1.35. The first-order chi connectivity index (χ1) is 9.88. The Hall–Kier alpha value is -1.65. The lowest BCUT2D eigenvalue weighted by atomic mass is 10.3. The number of halogens is 3. The zero-order valence-corrected chi connectivity index (χ0v) is 11.5. The van der Waals surface area contributed by atoms with Gasteiger partial charge in [-0.3, -0.25) is 0 Å². The molecule has 1 aromatic rings. The fourth-order valence-electron chi connectivity index (χ4n) is 2.18. The van der Waals surface area contributed by atoms with Gasteiger partial charge in [0.25, 0.3) is 0 Å². The Labute approximate surface area is 119 Å². The Morgan fingerprint density at radius 2 is 1.81 bits per heavy atom. The highest BCUT2D eigenvalue weighted by Crippen LogP contribution is 2.30. The molecular weight excluding hydrogens is 291 g/mol. The van der Waals surface area contributed by atoms with E-state index in [-0.39, 0.29) is 23.8 Å². The van der Waals surface area contributed by atoms with Crippen LogP contribution in [-0.4, -0.2) is 49.5 Å². The van der Waals surface area contributed by atoms with E-state index >= 15 is 0 Å². The van der Waals surface area contributed by atoms with E-state index in [1.54, 1.807) is 4.90 Å². The number of anilines is 2. The number of nitrogens with one attached hydrogen (secondary N) is 1. The van der Waals surface area contributed by atoms with Crippen LogP contribution in [0.5, 0.6) is 0 Å². The summed E-state index contributed by atoms with van der Waals surface area (Å²) in [6.07, 6.45) is -5.13. The van der Waals surface area contributed by atoms with Crippen molar-refractivity contribution in [1.29, 1.82) is 0 Å². The molecule has 0 spiro atoms. The van der Waals surface area contributed by atoms with Gasteiger partial charge in [0.2, 0.25) is 5.82 Å². The average Bonchev–Trinajstić information content (AvgIpc) is 2.89. The maximum absolute atomic E-state index is 12.8. The fraction of sp³-hybridized carbons (Fsp3) is 0.636. The number of hydrazine groups is 1. The smallest absolute Gasteiger partial charge is 0.377 e. The Bertz CT molecular complexity index is 487. The summed E-state index contributed by atoms with van der Waals surface area (Å²) in [6.45, 7) is 0.737. The van der Waals surface area contributed by atoms with E-state index in [1.165, 1.54) is 20.3 Å². The van der Waals surface area contributed by atoms with Crippen LogP contribution in [-0.2, 0) is 15.7 Å². The average molecular weight is 307 g/mol. The van der Waals surface area contributed by atoms with Gasteiger partial charge in [-0.05, 0) is 0 Å². The molecule has 0 bridgehead atoms. The number of ether oxygens (including phenoxy) is 2. The van der Waals surface area contributed by atoms with Crippen molar-refractivity contribution < 1.29 is 22.6 Å². The Morgan fingerprint density at radius 3 is 2.24 bits per heavy atom. The molecule has 0 aromatic carbocycles. The zero-order chi connectivity index (χ0) is 15.6. The minimum atomic E-state index is -4.65. The van der Waals surface area contributed by atoms with Crippen LogP contribution in [0.1, 0.15) is 5.82 Å². The van der Waals surface area contributed by atoms with Crippen LogP contribution >= 0.6 is 0 Å². The molecule has 1 aromatic heterocycles. The van der Waals surface area contributed by atoms with Crippen molar-refractivity contribution in [3.8, 4) is 0 Å². The number of methoxy groups -OCH3 is 2. The van der Waals surface area contributed by atoms with E-state index in [1.807, 2.05) is 0 Å². The van der Waals surface area contributed by atoms with Gasteiger partial charge in [0.1, 0.15) is 23.8 Å². The summed E-state index contributed by atoms with van der Waals surface area (Å²) in [5, 5.41) is 0. The third kappa shape index (κ3) is 3.34. The third-order valence-electron chi connectivity index (χ3n) is 3.26. The first-order valence-corrected chi connectivity index (χ1v) is 6.12. The molecule has 3 N–H and O–H groups in total. The molecule has 118 valence electrons. The summed E-state index contributed by atoms with van der Waals surface area (Å²) >= 11 is 0. The van der Waals surface area contributed by atoms with Crippen LogP contribution in [0.25, 0.3) is 0 Å². The van der Waals surface area contributed by atoms with Crippen molar-refractivity contribution in [1.82, 2.24) is 9.97 Å². The molecule has 1 aliphatic heterocycles. The second kappa shape index (κ2) is 6.00. The monoisotopic (exact) mass is 307 g/mol. The number of hydrogen-bond acceptors (Lipinski definition) is 7. The number of nitrogens with two attached hydrogens (primary N) is 1. The number of nitrogens with zero attached hydrogens (tertiary/aromatic N) is 3. The number of aromatic nitrogens is 2. The number of rotatable bonds is 4. The lowest BCUT2D eigenvalue weighted by molar-refractivity contribution is -0.144. The minimum Gasteiger partial charge on any atom is -0.377 e. The van der Waals surface area contributed by atoms with Crippen LogP contribution in [0.2, 0.25) is 0 Å². The maximum atomic E-state index is 12.8. The Balaban J connectivity index is 2.31. The molecule has 0 aliphatic carbocycles. The second-order valence-electron chi connectivity index (χ2n) is 4.53. The summed E-state index contributed by atoms with van der Waals surface area (Å²) < 4.78 is 48.9. The van der Waals surface area contributed by atoms with Gasteiger partial charge in [-0.1, -0.05) is 0 Å². The van der Waals surface area contributed by atoms with Gasteiger partial charge >= 0.3 is 6.18 Å². The fourth-order valence-corrected chi connectivity index (χ4v) is 2.18. The summed E-state index contributed by atoms with van der Waals surface area (Å²) in [5.41, 5.74) is 2.11. The predicted molar refractivity (Wildman–Crippen MR) is 68.7 cm³/mol. The van der Waals surface area contributed by atoms with Crippen LogP contribution in [0.3, 0.4) is 0 Å². The Kier molecular flexibility index (Phi) is 4.49. The van der Waals surface area contributed by atoms with Crippen molar-refractivity contribution in [2.75, 3.05) is 37.6 Å². The molecular formula is C11H16F3N5O2. The van der Waals surface area contributed by atoms with Gasteiger partial charge in [0.15, 0.2) is 0 Å². The quantitative estimate of drug-likeness (QED) is 0.623. The highest BCUT2D eigenvalue weighted by molar-refractivity contribution is 5.50. The lowest BCUT2D eigenvalue weighted by Gasteiger charge is -2.19. The highest BCUT2D eigenvalue weighted by Gasteiger charge is 2.38. The molecule has 2 rings (SSSR count). The molecule has 0 amide bonds. The first-order valence-electron chi connectivity index (χ1n) is 6.12. The SMILES string of the molecule is COC1CN(c2cc(NN)nc(C(F)(F)F)n2)CC1OC. The van der Waals surface area contributed by atoms with E-state index in [0.717, 1.165) is 0 Å². The summed E-state index contributed by atoms with van der Waals surface area (Å²) in [4.78, 5) is 8.51. The maximum Gasteiger partial charge on any atom is 0.451 e. The van der Waals surface area contributed by atoms with Crippen molar-refractivity contribution in [2.24, 2.45) is 5.84 Å². The van der Waals surface area contributed by atoms with E-state index in [0.29, 0.717) is 13.1 Å². The van der Waals surface area contributed by atoms with Gasteiger partial charge in [0.05, 0.1) is 0 Å². The van der Waals surface area contributed by atoms with E-state index < -0.39 is 12.0 Å². The van der Waals surface area contributed by atoms with E-state index in [9.17, 15) is 13.2 Å². The molecule has 1 aliphatic rings. The minimum absolute atomic E-state index is 0.109. The van der Waals surface area contributed by atoms with Crippen LogP contribution in [0.4, 0.5) is 24.8 Å². The zero-order valence-electron chi connectivity index (χ0n) is 11.5. The van der Waals surface area contributed by atoms with Crippen molar-refractivity contribution >= 4 is 11.6 Å². The van der Waals surface area contributed by atoms with Gasteiger partial charge in [-0.25, -0.2) is 15.8 Å². The topological polar surface area (TPSA) is 85.5 Å². The van der Waals surface area contributed by atoms with Crippen molar-refractivity contribution in [3.63, 3.8) is 0 Å². The second-order valence-corrected chi connectivity index (χ2v) is 4.53. The van der Waals surface area contributed by atoms with Crippen molar-refractivity contribution in [2.45, 2.75) is 18.4 Å². The van der Waals surface area contributed by atoms with Crippen LogP contribution in [0.15, 0.2) is 6.07 Å². The van der Waals surface area contributed by atoms with Gasteiger partial charge in [-0.15, -0.1) is 0 Å². The number of alkyl halides is 3. The lowest BCUT2D eigenvalue weighted by Crippen LogP contribution is -2.27. The van der Waals surface area contributed by atoms with E-state index in [4.69, 9.17) is 15.3 Å². The van der Waals surface area contributed by atoms with Crippen molar-refractivity contribution in [3.05, 3.63) is 11.9 Å². The molecule has 1 saturated heterocycles. The van der Waals surface area contributed by atoms with Crippen LogP contribution in [0, 0.1) is 0 Å². The molecule has 2 atom stereocenters. The molecule has 2 unspecified atom stereocenters. The predicted octanol–water partition coefficient (Wildman–Crippen LogP) is 0.631. The largest absolute Gasteiger partial charge is 0.451 e. The standard InChI is InChI=1S/C11H16F3N5O2/c1-20-6-4-19(5-7(6)21-2)9-3-8(18-15)16-10(17-9)11(12,13)14/h3,6-7H,4-5,15H2,1-2H3,(H,16,17,18). The molecule has 7 nitrogen and oxygen atoms in total. The molecule has 21 heavy (non-hydrogen) atoms. The molecule has 1 fully saturated rings. The van der Waals surface area contributed by atoms with Gasteiger partial charge in [-0.2, -0.15) is 13.2 Å². The highest BCUT2D eigenvalue weighted by atomic mass is 19.4. The number of hydrogen-bond donors (Lipinski definition) is 2. The summed E-state index contributed by atoms with van der Waals surface area (Å²) in [7, 11) is 3.04. The van der Waals surface area contributed by atoms with Gasteiger partial charge in [0, 0.05) is 33.4 Å².